The third-order valence-corrected chi connectivity index (χ3v) is 4.63. The second kappa shape index (κ2) is 4.39. The van der Waals surface area contributed by atoms with Gasteiger partial charge in [0.25, 0.3) is 0 Å². The van der Waals surface area contributed by atoms with Crippen LogP contribution in [0.15, 0.2) is 17.5 Å². The minimum absolute atomic E-state index is 0.0868. The van der Waals surface area contributed by atoms with Crippen LogP contribution in [0.1, 0.15) is 29.9 Å². The Morgan fingerprint density at radius 3 is 2.82 bits per heavy atom. The Kier molecular flexibility index (Phi) is 2.89. The predicted molar refractivity (Wildman–Crippen MR) is 71.4 cm³/mol. The van der Waals surface area contributed by atoms with Crippen molar-refractivity contribution in [2.75, 3.05) is 13.1 Å². The van der Waals surface area contributed by atoms with Gasteiger partial charge >= 0.3 is 0 Å². The van der Waals surface area contributed by atoms with Crippen molar-refractivity contribution in [1.29, 1.82) is 0 Å². The van der Waals surface area contributed by atoms with E-state index in [9.17, 15) is 4.39 Å². The summed E-state index contributed by atoms with van der Waals surface area (Å²) in [5.41, 5.74) is 2.18. The predicted octanol–water partition coefficient (Wildman–Crippen LogP) is 3.82. The molecule has 0 amide bonds. The van der Waals surface area contributed by atoms with Gasteiger partial charge in [0, 0.05) is 4.70 Å². The van der Waals surface area contributed by atoms with Gasteiger partial charge in [-0.3, -0.25) is 0 Å². The molecule has 1 N–H and O–H groups in total. The molecule has 3 rings (SSSR count). The van der Waals surface area contributed by atoms with E-state index >= 15 is 0 Å². The van der Waals surface area contributed by atoms with E-state index in [-0.39, 0.29) is 5.82 Å². The molecule has 0 saturated carbocycles. The van der Waals surface area contributed by atoms with E-state index in [1.165, 1.54) is 23.8 Å². The van der Waals surface area contributed by atoms with Crippen LogP contribution < -0.4 is 5.32 Å². The zero-order valence-corrected chi connectivity index (χ0v) is 10.7. The molecule has 0 unspecified atom stereocenters. The van der Waals surface area contributed by atoms with Gasteiger partial charge in [-0.2, -0.15) is 0 Å². The molecule has 0 aliphatic carbocycles. The van der Waals surface area contributed by atoms with Crippen LogP contribution in [-0.2, 0) is 0 Å². The molecule has 1 saturated heterocycles. The second-order valence-electron chi connectivity index (χ2n) is 4.81. The number of aryl methyl sites for hydroxylation is 1. The number of nitrogens with one attached hydrogen (secondary N) is 1. The summed E-state index contributed by atoms with van der Waals surface area (Å²) in [5.74, 6) is 0.561. The summed E-state index contributed by atoms with van der Waals surface area (Å²) in [4.78, 5) is 0. The second-order valence-corrected chi connectivity index (χ2v) is 5.72. The first kappa shape index (κ1) is 11.2. The molecule has 90 valence electrons. The van der Waals surface area contributed by atoms with E-state index in [1.807, 2.05) is 13.0 Å². The van der Waals surface area contributed by atoms with Crippen molar-refractivity contribution < 1.29 is 4.39 Å². The fraction of sp³-hybridized carbons (Fsp3) is 0.429. The lowest BCUT2D eigenvalue weighted by Crippen LogP contribution is -2.26. The molecule has 3 heteroatoms. The number of benzene rings is 1. The molecular weight excluding hydrogens is 233 g/mol. The maximum Gasteiger partial charge on any atom is 0.127 e. The summed E-state index contributed by atoms with van der Waals surface area (Å²) < 4.78 is 14.6. The van der Waals surface area contributed by atoms with Gasteiger partial charge in [-0.05, 0) is 72.8 Å². The van der Waals surface area contributed by atoms with Gasteiger partial charge in [-0.15, -0.1) is 11.3 Å². The maximum atomic E-state index is 13.5. The first-order valence-electron chi connectivity index (χ1n) is 6.13. The van der Waals surface area contributed by atoms with E-state index in [2.05, 4.69) is 10.7 Å². The van der Waals surface area contributed by atoms with Gasteiger partial charge in [0.05, 0.1) is 0 Å². The minimum atomic E-state index is -0.0868. The Morgan fingerprint density at radius 1 is 1.29 bits per heavy atom. The van der Waals surface area contributed by atoms with Crippen LogP contribution in [0.4, 0.5) is 4.39 Å². The van der Waals surface area contributed by atoms with E-state index in [0.717, 1.165) is 23.4 Å². The molecule has 0 atom stereocenters. The summed E-state index contributed by atoms with van der Waals surface area (Å²) in [6.45, 7) is 4.04. The highest BCUT2D eigenvalue weighted by Gasteiger charge is 2.19. The lowest BCUT2D eigenvalue weighted by molar-refractivity contribution is 0.463. The zero-order chi connectivity index (χ0) is 11.8. The summed E-state index contributed by atoms with van der Waals surface area (Å²) >= 11 is 1.67. The quantitative estimate of drug-likeness (QED) is 0.810. The molecule has 1 nitrogen and oxygen atoms in total. The molecule has 2 aromatic rings. The number of hydrogen-bond acceptors (Lipinski definition) is 2. The largest absolute Gasteiger partial charge is 0.317 e. The van der Waals surface area contributed by atoms with E-state index in [4.69, 9.17) is 0 Å². The summed E-state index contributed by atoms with van der Waals surface area (Å²) in [7, 11) is 0. The third kappa shape index (κ3) is 1.98. The molecule has 2 heterocycles. The molecule has 0 bridgehead atoms. The topological polar surface area (TPSA) is 12.0 Å². The third-order valence-electron chi connectivity index (χ3n) is 3.66. The SMILES string of the molecule is Cc1cc2c(C3CCNCC3)csc2cc1F. The lowest BCUT2D eigenvalue weighted by Gasteiger charge is -2.22. The molecule has 1 aliphatic rings. The fourth-order valence-corrected chi connectivity index (χ4v) is 3.67. The van der Waals surface area contributed by atoms with Crippen LogP contribution in [0.5, 0.6) is 0 Å². The number of halogens is 1. The van der Waals surface area contributed by atoms with Crippen LogP contribution in [-0.4, -0.2) is 13.1 Å². The van der Waals surface area contributed by atoms with Crippen LogP contribution in [0.3, 0.4) is 0 Å². The van der Waals surface area contributed by atoms with Gasteiger partial charge in [0.15, 0.2) is 0 Å². The van der Waals surface area contributed by atoms with Gasteiger partial charge in [-0.1, -0.05) is 0 Å². The Hall–Kier alpha value is -0.930. The molecular formula is C14H16FNS. The number of piperidine rings is 1. The van der Waals surface area contributed by atoms with E-state index < -0.39 is 0 Å². The first-order chi connectivity index (χ1) is 8.25. The Balaban J connectivity index is 2.07. The van der Waals surface area contributed by atoms with Gasteiger partial charge in [0.2, 0.25) is 0 Å². The van der Waals surface area contributed by atoms with Gasteiger partial charge in [-0.25, -0.2) is 4.39 Å². The van der Waals surface area contributed by atoms with Crippen LogP contribution in [0.2, 0.25) is 0 Å². The molecule has 1 aromatic carbocycles. The molecule has 0 spiro atoms. The average Bonchev–Trinajstić information content (AvgIpc) is 2.74. The highest BCUT2D eigenvalue weighted by atomic mass is 32.1. The standard InChI is InChI=1S/C14H16FNS/c1-9-6-11-12(10-2-4-16-5-3-10)8-17-14(11)7-13(9)15/h6-8,10,16H,2-5H2,1H3. The number of hydrogen-bond donors (Lipinski definition) is 1. The molecule has 1 aliphatic heterocycles. The lowest BCUT2D eigenvalue weighted by atomic mass is 9.90. The Bertz CT molecular complexity index is 540. The fourth-order valence-electron chi connectivity index (χ4n) is 2.63. The number of thiophene rings is 1. The van der Waals surface area contributed by atoms with Crippen molar-refractivity contribution in [3.8, 4) is 0 Å². The monoisotopic (exact) mass is 249 g/mol. The molecule has 1 aromatic heterocycles. The smallest absolute Gasteiger partial charge is 0.127 e. The van der Waals surface area contributed by atoms with Crippen molar-refractivity contribution >= 4 is 21.4 Å². The number of rotatable bonds is 1. The van der Waals surface area contributed by atoms with E-state index in [0.29, 0.717) is 5.92 Å². The van der Waals surface area contributed by atoms with Crippen LogP contribution in [0, 0.1) is 12.7 Å². The van der Waals surface area contributed by atoms with Gasteiger partial charge < -0.3 is 5.32 Å². The van der Waals surface area contributed by atoms with Gasteiger partial charge in [0.1, 0.15) is 5.82 Å². The minimum Gasteiger partial charge on any atom is -0.317 e. The molecule has 0 radical (unpaired) electrons. The van der Waals surface area contributed by atoms with Crippen molar-refractivity contribution in [2.24, 2.45) is 0 Å². The highest BCUT2D eigenvalue weighted by Crippen LogP contribution is 2.36. The van der Waals surface area contributed by atoms with Crippen LogP contribution in [0.25, 0.3) is 10.1 Å². The zero-order valence-electron chi connectivity index (χ0n) is 9.92. The Labute approximate surface area is 105 Å². The normalized spacial score (nSPS) is 17.8. The summed E-state index contributed by atoms with van der Waals surface area (Å²) in [6.07, 6.45) is 2.39. The first-order valence-corrected chi connectivity index (χ1v) is 7.01. The van der Waals surface area contributed by atoms with E-state index in [1.54, 1.807) is 17.4 Å². The van der Waals surface area contributed by atoms with Crippen molar-refractivity contribution in [1.82, 2.24) is 5.32 Å². The average molecular weight is 249 g/mol. The van der Waals surface area contributed by atoms with Crippen molar-refractivity contribution in [3.05, 3.63) is 34.5 Å². The molecule has 1 fully saturated rings. The number of fused-ring (bicyclic) bond motifs is 1. The highest BCUT2D eigenvalue weighted by molar-refractivity contribution is 7.17. The van der Waals surface area contributed by atoms with Crippen molar-refractivity contribution in [2.45, 2.75) is 25.7 Å². The maximum absolute atomic E-state index is 13.5. The summed E-state index contributed by atoms with van der Waals surface area (Å²) in [5, 5.41) is 6.88. The molecule has 17 heavy (non-hydrogen) atoms. The van der Waals surface area contributed by atoms with Crippen molar-refractivity contribution in [3.63, 3.8) is 0 Å². The van der Waals surface area contributed by atoms with Crippen LogP contribution >= 0.6 is 11.3 Å². The summed E-state index contributed by atoms with van der Waals surface area (Å²) in [6, 6.07) is 3.69. The Morgan fingerprint density at radius 2 is 2.06 bits per heavy atom.